The van der Waals surface area contributed by atoms with Crippen LogP contribution in [0.15, 0.2) is 0 Å². The van der Waals surface area contributed by atoms with Crippen LogP contribution in [0.4, 0.5) is 4.79 Å². The zero-order valence-electron chi connectivity index (χ0n) is 11.2. The molecule has 1 amide bonds. The molecule has 0 radical (unpaired) electrons. The second kappa shape index (κ2) is 6.95. The molecule has 2 saturated heterocycles. The van der Waals surface area contributed by atoms with Crippen molar-refractivity contribution in [3.05, 3.63) is 0 Å². The molecule has 2 fully saturated rings. The standard InChI is InChI=1S/C13H24N2O3/c1-2-18-13(16)15-7-3-11(4-8-15)14-12-5-9-17-10-6-12/h11-12,14H,2-10H2,1H3. The molecule has 0 aromatic heterocycles. The smallest absolute Gasteiger partial charge is 0.409 e. The van der Waals surface area contributed by atoms with Gasteiger partial charge in [-0.15, -0.1) is 0 Å². The van der Waals surface area contributed by atoms with Gasteiger partial charge in [0.05, 0.1) is 6.61 Å². The summed E-state index contributed by atoms with van der Waals surface area (Å²) in [5, 5.41) is 3.69. The van der Waals surface area contributed by atoms with Crippen LogP contribution in [0, 0.1) is 0 Å². The van der Waals surface area contributed by atoms with E-state index < -0.39 is 0 Å². The molecule has 2 heterocycles. The zero-order valence-corrected chi connectivity index (χ0v) is 11.2. The van der Waals surface area contributed by atoms with Crippen LogP contribution in [0.25, 0.3) is 0 Å². The zero-order chi connectivity index (χ0) is 12.8. The highest BCUT2D eigenvalue weighted by Gasteiger charge is 2.25. The van der Waals surface area contributed by atoms with Gasteiger partial charge >= 0.3 is 6.09 Å². The van der Waals surface area contributed by atoms with Gasteiger partial charge in [-0.1, -0.05) is 0 Å². The molecule has 104 valence electrons. The van der Waals surface area contributed by atoms with Gasteiger partial charge in [0, 0.05) is 38.4 Å². The molecule has 0 aromatic rings. The number of amides is 1. The summed E-state index contributed by atoms with van der Waals surface area (Å²) in [5.41, 5.74) is 0. The van der Waals surface area contributed by atoms with Gasteiger partial charge in [-0.25, -0.2) is 4.79 Å². The van der Waals surface area contributed by atoms with Crippen molar-refractivity contribution in [3.8, 4) is 0 Å². The number of piperidine rings is 1. The number of nitrogens with one attached hydrogen (secondary N) is 1. The number of rotatable bonds is 3. The minimum absolute atomic E-state index is 0.165. The van der Waals surface area contributed by atoms with E-state index in [0.29, 0.717) is 18.7 Å². The average molecular weight is 256 g/mol. The van der Waals surface area contributed by atoms with Crippen molar-refractivity contribution < 1.29 is 14.3 Å². The molecule has 0 aliphatic carbocycles. The molecule has 1 N–H and O–H groups in total. The lowest BCUT2D eigenvalue weighted by molar-refractivity contribution is 0.0678. The molecule has 2 rings (SSSR count). The van der Waals surface area contributed by atoms with Crippen molar-refractivity contribution in [1.82, 2.24) is 10.2 Å². The fourth-order valence-corrected chi connectivity index (χ4v) is 2.64. The summed E-state index contributed by atoms with van der Waals surface area (Å²) >= 11 is 0. The van der Waals surface area contributed by atoms with Crippen LogP contribution >= 0.6 is 0 Å². The lowest BCUT2D eigenvalue weighted by Gasteiger charge is -2.35. The molecule has 0 aromatic carbocycles. The summed E-state index contributed by atoms with van der Waals surface area (Å²) in [4.78, 5) is 13.4. The highest BCUT2D eigenvalue weighted by molar-refractivity contribution is 5.67. The van der Waals surface area contributed by atoms with Gasteiger partial charge in [-0.3, -0.25) is 0 Å². The third kappa shape index (κ3) is 3.85. The lowest BCUT2D eigenvalue weighted by Crippen LogP contribution is -2.49. The van der Waals surface area contributed by atoms with E-state index in [2.05, 4.69) is 5.32 Å². The Morgan fingerprint density at radius 1 is 1.22 bits per heavy atom. The van der Waals surface area contributed by atoms with Gasteiger partial charge in [0.2, 0.25) is 0 Å². The van der Waals surface area contributed by atoms with E-state index in [0.717, 1.165) is 52.0 Å². The number of ether oxygens (including phenoxy) is 2. The Morgan fingerprint density at radius 3 is 2.44 bits per heavy atom. The summed E-state index contributed by atoms with van der Waals surface area (Å²) in [6, 6.07) is 1.14. The van der Waals surface area contributed by atoms with Crippen LogP contribution < -0.4 is 5.32 Å². The molecule has 0 atom stereocenters. The summed E-state index contributed by atoms with van der Waals surface area (Å²) in [7, 11) is 0. The molecule has 0 saturated carbocycles. The van der Waals surface area contributed by atoms with Crippen molar-refractivity contribution >= 4 is 6.09 Å². The molecular weight excluding hydrogens is 232 g/mol. The minimum atomic E-state index is -0.165. The van der Waals surface area contributed by atoms with Crippen molar-refractivity contribution in [2.75, 3.05) is 32.9 Å². The molecule has 2 aliphatic heterocycles. The fraction of sp³-hybridized carbons (Fsp3) is 0.923. The lowest BCUT2D eigenvalue weighted by atomic mass is 10.0. The van der Waals surface area contributed by atoms with E-state index in [1.54, 1.807) is 0 Å². The van der Waals surface area contributed by atoms with E-state index in [-0.39, 0.29) is 6.09 Å². The quantitative estimate of drug-likeness (QED) is 0.828. The van der Waals surface area contributed by atoms with Crippen molar-refractivity contribution in [3.63, 3.8) is 0 Å². The summed E-state index contributed by atoms with van der Waals surface area (Å²) < 4.78 is 10.4. The number of carbonyl (C=O) groups excluding carboxylic acids is 1. The molecule has 2 aliphatic rings. The minimum Gasteiger partial charge on any atom is -0.450 e. The third-order valence-corrected chi connectivity index (χ3v) is 3.71. The molecular formula is C13H24N2O3. The summed E-state index contributed by atoms with van der Waals surface area (Å²) in [6.45, 7) is 5.66. The van der Waals surface area contributed by atoms with Crippen molar-refractivity contribution in [1.29, 1.82) is 0 Å². The molecule has 0 unspecified atom stereocenters. The Morgan fingerprint density at radius 2 is 1.83 bits per heavy atom. The first kappa shape index (κ1) is 13.6. The highest BCUT2D eigenvalue weighted by Crippen LogP contribution is 2.15. The van der Waals surface area contributed by atoms with Crippen LogP contribution in [-0.2, 0) is 9.47 Å². The van der Waals surface area contributed by atoms with E-state index >= 15 is 0 Å². The number of hydrogen-bond donors (Lipinski definition) is 1. The monoisotopic (exact) mass is 256 g/mol. The Kier molecular flexibility index (Phi) is 5.26. The molecule has 5 nitrogen and oxygen atoms in total. The first-order chi connectivity index (χ1) is 8.79. The van der Waals surface area contributed by atoms with Gasteiger partial charge < -0.3 is 19.7 Å². The molecule has 18 heavy (non-hydrogen) atoms. The number of carbonyl (C=O) groups is 1. The van der Waals surface area contributed by atoms with Crippen molar-refractivity contribution in [2.24, 2.45) is 0 Å². The van der Waals surface area contributed by atoms with E-state index in [1.807, 2.05) is 11.8 Å². The summed E-state index contributed by atoms with van der Waals surface area (Å²) in [5.74, 6) is 0. The third-order valence-electron chi connectivity index (χ3n) is 3.71. The Balaban J connectivity index is 1.68. The van der Waals surface area contributed by atoms with E-state index in [4.69, 9.17) is 9.47 Å². The number of nitrogens with zero attached hydrogens (tertiary/aromatic N) is 1. The number of hydrogen-bond acceptors (Lipinski definition) is 4. The topological polar surface area (TPSA) is 50.8 Å². The Hall–Kier alpha value is -0.810. The predicted octanol–water partition coefficient (Wildman–Crippen LogP) is 1.38. The number of likely N-dealkylation sites (tertiary alicyclic amines) is 1. The van der Waals surface area contributed by atoms with Crippen LogP contribution in [0.3, 0.4) is 0 Å². The van der Waals surface area contributed by atoms with E-state index in [9.17, 15) is 4.79 Å². The Labute approximate surface area is 109 Å². The predicted molar refractivity (Wildman–Crippen MR) is 68.6 cm³/mol. The van der Waals surface area contributed by atoms with Gasteiger partial charge in [0.1, 0.15) is 0 Å². The van der Waals surface area contributed by atoms with Gasteiger partial charge in [-0.2, -0.15) is 0 Å². The highest BCUT2D eigenvalue weighted by atomic mass is 16.6. The van der Waals surface area contributed by atoms with Crippen LogP contribution in [0.2, 0.25) is 0 Å². The van der Waals surface area contributed by atoms with Crippen LogP contribution in [0.1, 0.15) is 32.6 Å². The Bertz CT molecular complexity index is 259. The SMILES string of the molecule is CCOC(=O)N1CCC(NC2CCOCC2)CC1. The van der Waals surface area contributed by atoms with Crippen LogP contribution in [-0.4, -0.2) is 56.0 Å². The van der Waals surface area contributed by atoms with Gasteiger partial charge in [0.15, 0.2) is 0 Å². The average Bonchev–Trinajstić information content (AvgIpc) is 2.41. The van der Waals surface area contributed by atoms with Crippen LogP contribution in [0.5, 0.6) is 0 Å². The maximum Gasteiger partial charge on any atom is 0.409 e. The largest absolute Gasteiger partial charge is 0.450 e. The van der Waals surface area contributed by atoms with Crippen molar-refractivity contribution in [2.45, 2.75) is 44.7 Å². The maximum absolute atomic E-state index is 11.6. The van der Waals surface area contributed by atoms with Gasteiger partial charge in [-0.05, 0) is 32.6 Å². The van der Waals surface area contributed by atoms with Gasteiger partial charge in [0.25, 0.3) is 0 Å². The second-order valence-electron chi connectivity index (χ2n) is 5.01. The normalized spacial score (nSPS) is 23.1. The maximum atomic E-state index is 11.6. The second-order valence-corrected chi connectivity index (χ2v) is 5.01. The molecule has 5 heteroatoms. The molecule has 0 bridgehead atoms. The fourth-order valence-electron chi connectivity index (χ4n) is 2.64. The molecule has 0 spiro atoms. The first-order valence-corrected chi connectivity index (χ1v) is 7.05. The first-order valence-electron chi connectivity index (χ1n) is 7.05. The van der Waals surface area contributed by atoms with E-state index in [1.165, 1.54) is 0 Å². The summed E-state index contributed by atoms with van der Waals surface area (Å²) in [6.07, 6.45) is 4.10.